The van der Waals surface area contributed by atoms with Gasteiger partial charge in [0.05, 0.1) is 6.61 Å². The normalized spacial score (nSPS) is 22.8. The average molecular weight is 272 g/mol. The highest BCUT2D eigenvalue weighted by Crippen LogP contribution is 2.28. The van der Waals surface area contributed by atoms with Gasteiger partial charge >= 0.3 is 12.0 Å². The Morgan fingerprint density at radius 3 is 2.68 bits per heavy atom. The molecule has 0 aromatic heterocycles. The van der Waals surface area contributed by atoms with Crippen molar-refractivity contribution in [2.45, 2.75) is 32.6 Å². The fourth-order valence-corrected chi connectivity index (χ4v) is 2.38. The van der Waals surface area contributed by atoms with E-state index in [-0.39, 0.29) is 19.2 Å². The molecule has 2 atom stereocenters. The summed E-state index contributed by atoms with van der Waals surface area (Å²) in [6, 6.07) is -0.211. The minimum Gasteiger partial charge on any atom is -0.480 e. The van der Waals surface area contributed by atoms with Gasteiger partial charge in [-0.25, -0.2) is 9.59 Å². The van der Waals surface area contributed by atoms with Crippen molar-refractivity contribution in [2.24, 2.45) is 11.8 Å². The van der Waals surface area contributed by atoms with E-state index in [0.717, 1.165) is 0 Å². The highest BCUT2D eigenvalue weighted by Gasteiger charge is 2.21. The second-order valence-corrected chi connectivity index (χ2v) is 5.10. The zero-order valence-electron chi connectivity index (χ0n) is 11.5. The fourth-order valence-electron chi connectivity index (χ4n) is 2.38. The van der Waals surface area contributed by atoms with Gasteiger partial charge in [0.1, 0.15) is 6.61 Å². The van der Waals surface area contributed by atoms with Crippen LogP contribution in [0, 0.1) is 11.8 Å². The van der Waals surface area contributed by atoms with Gasteiger partial charge in [-0.1, -0.05) is 26.2 Å². The first-order chi connectivity index (χ1) is 9.09. The van der Waals surface area contributed by atoms with Crippen LogP contribution in [0.5, 0.6) is 0 Å². The quantitative estimate of drug-likeness (QED) is 0.608. The number of carboxylic acid groups (broad SMARTS) is 1. The van der Waals surface area contributed by atoms with Crippen molar-refractivity contribution in [1.82, 2.24) is 10.6 Å². The molecule has 1 aliphatic rings. The molecule has 0 bridgehead atoms. The van der Waals surface area contributed by atoms with Gasteiger partial charge in [-0.15, -0.1) is 0 Å². The lowest BCUT2D eigenvalue weighted by atomic mass is 9.80. The minimum atomic E-state index is -1.00. The summed E-state index contributed by atoms with van der Waals surface area (Å²) in [5.41, 5.74) is 0. The molecule has 19 heavy (non-hydrogen) atoms. The molecule has 1 fully saturated rings. The van der Waals surface area contributed by atoms with Crippen LogP contribution in [-0.4, -0.2) is 43.4 Å². The van der Waals surface area contributed by atoms with E-state index in [2.05, 4.69) is 17.6 Å². The van der Waals surface area contributed by atoms with Crippen molar-refractivity contribution in [3.63, 3.8) is 0 Å². The van der Waals surface area contributed by atoms with Crippen LogP contribution in [0.2, 0.25) is 0 Å². The highest BCUT2D eigenvalue weighted by atomic mass is 16.5. The maximum atomic E-state index is 11.5. The van der Waals surface area contributed by atoms with Gasteiger partial charge in [0.25, 0.3) is 0 Å². The van der Waals surface area contributed by atoms with E-state index >= 15 is 0 Å². The minimum absolute atomic E-state index is 0.208. The number of hydrogen-bond donors (Lipinski definition) is 3. The first-order valence-corrected chi connectivity index (χ1v) is 6.91. The predicted octanol–water partition coefficient (Wildman–Crippen LogP) is 1.21. The number of amides is 2. The number of carbonyl (C=O) groups excluding carboxylic acids is 1. The van der Waals surface area contributed by atoms with Gasteiger partial charge in [-0.3, -0.25) is 0 Å². The van der Waals surface area contributed by atoms with Gasteiger partial charge in [-0.2, -0.15) is 0 Å². The van der Waals surface area contributed by atoms with E-state index in [9.17, 15) is 9.59 Å². The highest BCUT2D eigenvalue weighted by molar-refractivity contribution is 5.73. The molecule has 0 heterocycles. The number of carboxylic acids is 1. The topological polar surface area (TPSA) is 87.7 Å². The fraction of sp³-hybridized carbons (Fsp3) is 0.846. The number of urea groups is 1. The van der Waals surface area contributed by atoms with Crippen LogP contribution >= 0.6 is 0 Å². The number of aliphatic carboxylic acids is 1. The molecule has 1 saturated carbocycles. The molecule has 2 amide bonds. The molecular weight excluding hydrogens is 248 g/mol. The van der Waals surface area contributed by atoms with Gasteiger partial charge in [0, 0.05) is 13.1 Å². The monoisotopic (exact) mass is 272 g/mol. The summed E-state index contributed by atoms with van der Waals surface area (Å²) in [5.74, 6) is 0.242. The Bertz CT molecular complexity index is 296. The lowest BCUT2D eigenvalue weighted by Crippen LogP contribution is -2.41. The zero-order chi connectivity index (χ0) is 14.1. The van der Waals surface area contributed by atoms with Crippen molar-refractivity contribution in [1.29, 1.82) is 0 Å². The summed E-state index contributed by atoms with van der Waals surface area (Å²) in [6.45, 7) is 3.15. The standard InChI is InChI=1S/C13H24N2O4/c1-10-4-2-3-5-11(10)8-15-13(18)14-6-7-19-9-12(16)17/h10-11H,2-9H2,1H3,(H,16,17)(H2,14,15,18). The molecule has 6 nitrogen and oxygen atoms in total. The molecule has 1 aliphatic carbocycles. The third-order valence-corrected chi connectivity index (χ3v) is 3.57. The van der Waals surface area contributed by atoms with Gasteiger partial charge in [0.2, 0.25) is 0 Å². The SMILES string of the molecule is CC1CCCCC1CNC(=O)NCCOCC(=O)O. The molecule has 0 aliphatic heterocycles. The lowest BCUT2D eigenvalue weighted by Gasteiger charge is -2.28. The largest absolute Gasteiger partial charge is 0.480 e. The second kappa shape index (κ2) is 8.74. The van der Waals surface area contributed by atoms with Gasteiger partial charge < -0.3 is 20.5 Å². The predicted molar refractivity (Wildman–Crippen MR) is 71.0 cm³/mol. The number of rotatable bonds is 7. The van der Waals surface area contributed by atoms with Crippen molar-refractivity contribution < 1.29 is 19.4 Å². The summed E-state index contributed by atoms with van der Waals surface area (Å²) in [7, 11) is 0. The Hall–Kier alpha value is -1.30. The van der Waals surface area contributed by atoms with Crippen molar-refractivity contribution in [3.8, 4) is 0 Å². The zero-order valence-corrected chi connectivity index (χ0v) is 11.5. The van der Waals surface area contributed by atoms with Crippen LogP contribution in [0.4, 0.5) is 4.79 Å². The molecular formula is C13H24N2O4. The summed E-state index contributed by atoms with van der Waals surface area (Å²) >= 11 is 0. The molecule has 2 unspecified atom stereocenters. The number of ether oxygens (including phenoxy) is 1. The van der Waals surface area contributed by atoms with E-state index < -0.39 is 5.97 Å². The van der Waals surface area contributed by atoms with E-state index in [0.29, 0.717) is 24.9 Å². The van der Waals surface area contributed by atoms with Gasteiger partial charge in [0.15, 0.2) is 0 Å². The molecule has 0 aromatic rings. The molecule has 0 spiro atoms. The van der Waals surface area contributed by atoms with Crippen LogP contribution in [-0.2, 0) is 9.53 Å². The van der Waals surface area contributed by atoms with Crippen molar-refractivity contribution in [3.05, 3.63) is 0 Å². The van der Waals surface area contributed by atoms with E-state index in [4.69, 9.17) is 9.84 Å². The smallest absolute Gasteiger partial charge is 0.329 e. The molecule has 0 radical (unpaired) electrons. The molecule has 3 N–H and O–H groups in total. The molecule has 1 rings (SSSR count). The van der Waals surface area contributed by atoms with Crippen molar-refractivity contribution in [2.75, 3.05) is 26.3 Å². The number of carbonyl (C=O) groups is 2. The van der Waals surface area contributed by atoms with Crippen LogP contribution in [0.1, 0.15) is 32.6 Å². The van der Waals surface area contributed by atoms with E-state index in [1.807, 2.05) is 0 Å². The molecule has 110 valence electrons. The number of nitrogens with one attached hydrogen (secondary N) is 2. The first kappa shape index (κ1) is 15.8. The van der Waals surface area contributed by atoms with Gasteiger partial charge in [-0.05, 0) is 18.3 Å². The Balaban J connectivity index is 2.02. The second-order valence-electron chi connectivity index (χ2n) is 5.10. The molecule has 0 aromatic carbocycles. The number of hydrogen-bond acceptors (Lipinski definition) is 3. The summed E-state index contributed by atoms with van der Waals surface area (Å²) < 4.78 is 4.81. The van der Waals surface area contributed by atoms with E-state index in [1.165, 1.54) is 25.7 Å². The summed E-state index contributed by atoms with van der Waals surface area (Å²) in [4.78, 5) is 21.7. The van der Waals surface area contributed by atoms with Crippen LogP contribution < -0.4 is 10.6 Å². The van der Waals surface area contributed by atoms with Crippen LogP contribution in [0.25, 0.3) is 0 Å². The van der Waals surface area contributed by atoms with Crippen LogP contribution in [0.3, 0.4) is 0 Å². The van der Waals surface area contributed by atoms with Crippen molar-refractivity contribution >= 4 is 12.0 Å². The molecule has 6 heteroatoms. The van der Waals surface area contributed by atoms with E-state index in [1.54, 1.807) is 0 Å². The summed E-state index contributed by atoms with van der Waals surface area (Å²) in [6.07, 6.45) is 4.98. The maximum Gasteiger partial charge on any atom is 0.329 e. The maximum absolute atomic E-state index is 11.5. The average Bonchev–Trinajstić information content (AvgIpc) is 2.37. The first-order valence-electron chi connectivity index (χ1n) is 6.91. The Labute approximate surface area is 113 Å². The van der Waals surface area contributed by atoms with Crippen LogP contribution in [0.15, 0.2) is 0 Å². The Kier molecular flexibility index (Phi) is 7.25. The third kappa shape index (κ3) is 7.00. The molecule has 0 saturated heterocycles. The Morgan fingerprint density at radius 1 is 1.26 bits per heavy atom. The third-order valence-electron chi connectivity index (χ3n) is 3.57. The lowest BCUT2D eigenvalue weighted by molar-refractivity contribution is -0.142. The summed E-state index contributed by atoms with van der Waals surface area (Å²) in [5, 5.41) is 13.9. The Morgan fingerprint density at radius 2 is 2.00 bits per heavy atom.